The van der Waals surface area contributed by atoms with Crippen LogP contribution in [0, 0.1) is 13.8 Å². The maximum absolute atomic E-state index is 13.0. The Balaban J connectivity index is 0.00000171. The van der Waals surface area contributed by atoms with Crippen LogP contribution in [0.25, 0.3) is 22.5 Å². The first-order chi connectivity index (χ1) is 13.9. The van der Waals surface area contributed by atoms with E-state index >= 15 is 0 Å². The van der Waals surface area contributed by atoms with Gasteiger partial charge in [0.15, 0.2) is 0 Å². The fourth-order valence-corrected chi connectivity index (χ4v) is 4.35. The fourth-order valence-electron chi connectivity index (χ4n) is 3.07. The van der Waals surface area contributed by atoms with Crippen LogP contribution < -0.4 is 23.6 Å². The number of hydrogen-bond acceptors (Lipinski definition) is 5. The summed E-state index contributed by atoms with van der Waals surface area (Å²) < 4.78 is 35.6. The van der Waals surface area contributed by atoms with Gasteiger partial charge in [0.2, 0.25) is 5.88 Å². The summed E-state index contributed by atoms with van der Waals surface area (Å²) >= 11 is 0. The molecular formula is C21H21LiN4O3S. The molecule has 0 spiro atoms. The molecule has 7 nitrogen and oxygen atoms in total. The van der Waals surface area contributed by atoms with Gasteiger partial charge >= 0.3 is 18.9 Å². The standard InChI is InChI=1S/C21H20N4O3S.Li.H/c1-14-15(2)23-28-21(14)24-29(26,27)19-7-5-4-6-18(19)16-8-10-17(11-9-16)20-22-12-13-25(20)3;;/h4-13,24H,1-3H3;;/q;+1;-1. The molecule has 30 heavy (non-hydrogen) atoms. The van der Waals surface area contributed by atoms with E-state index in [1.165, 1.54) is 0 Å². The minimum Gasteiger partial charge on any atom is -1.00 e. The molecule has 0 amide bonds. The molecule has 0 saturated heterocycles. The molecule has 1 N–H and O–H groups in total. The number of rotatable bonds is 5. The van der Waals surface area contributed by atoms with Gasteiger partial charge in [0.1, 0.15) is 5.82 Å². The molecule has 0 aliphatic rings. The second-order valence-electron chi connectivity index (χ2n) is 6.76. The van der Waals surface area contributed by atoms with Crippen molar-refractivity contribution in [2.24, 2.45) is 7.05 Å². The molecule has 0 fully saturated rings. The van der Waals surface area contributed by atoms with Gasteiger partial charge in [-0.3, -0.25) is 0 Å². The average molecular weight is 416 g/mol. The Morgan fingerprint density at radius 3 is 2.30 bits per heavy atom. The quantitative estimate of drug-likeness (QED) is 0.495. The van der Waals surface area contributed by atoms with Gasteiger partial charge in [-0.1, -0.05) is 47.6 Å². The number of aromatic nitrogens is 3. The number of sulfonamides is 1. The van der Waals surface area contributed by atoms with Crippen LogP contribution in [0.2, 0.25) is 0 Å². The number of nitrogens with zero attached hydrogens (tertiary/aromatic N) is 3. The topological polar surface area (TPSA) is 90.0 Å². The molecule has 2 heterocycles. The molecule has 0 bridgehead atoms. The van der Waals surface area contributed by atoms with Crippen LogP contribution in [-0.4, -0.2) is 23.1 Å². The minimum absolute atomic E-state index is 0. The normalized spacial score (nSPS) is 11.2. The van der Waals surface area contributed by atoms with Crippen molar-refractivity contribution in [2.75, 3.05) is 4.72 Å². The Kier molecular flexibility index (Phi) is 6.22. The molecule has 4 rings (SSSR count). The minimum atomic E-state index is -3.86. The van der Waals surface area contributed by atoms with Crippen LogP contribution in [0.15, 0.2) is 70.3 Å². The summed E-state index contributed by atoms with van der Waals surface area (Å²) in [6, 6.07) is 14.5. The first kappa shape index (κ1) is 21.9. The Hall–Kier alpha value is -2.79. The van der Waals surface area contributed by atoms with Crippen molar-refractivity contribution in [1.29, 1.82) is 0 Å². The molecule has 150 valence electrons. The average Bonchev–Trinajstić information content (AvgIpc) is 3.28. The zero-order chi connectivity index (χ0) is 20.6. The molecule has 0 radical (unpaired) electrons. The molecule has 0 unspecified atom stereocenters. The molecule has 9 heteroatoms. The molecule has 4 aromatic rings. The van der Waals surface area contributed by atoms with Crippen molar-refractivity contribution in [3.05, 3.63) is 72.2 Å². The predicted octanol–water partition coefficient (Wildman–Crippen LogP) is 1.28. The number of nitrogens with one attached hydrogen (secondary N) is 1. The van der Waals surface area contributed by atoms with Gasteiger partial charge in [0.25, 0.3) is 10.0 Å². The number of anilines is 1. The molecule has 0 saturated carbocycles. The summed E-state index contributed by atoms with van der Waals surface area (Å²) in [6.45, 7) is 3.51. The fraction of sp³-hybridized carbons (Fsp3) is 0.143. The molecule has 0 atom stereocenters. The van der Waals surface area contributed by atoms with E-state index < -0.39 is 10.0 Å². The number of benzene rings is 2. The van der Waals surface area contributed by atoms with Gasteiger partial charge in [0.05, 0.1) is 10.6 Å². The van der Waals surface area contributed by atoms with Gasteiger partial charge in [-0.15, -0.1) is 0 Å². The Labute approximate surface area is 188 Å². The third-order valence-corrected chi connectivity index (χ3v) is 6.23. The Morgan fingerprint density at radius 2 is 1.70 bits per heavy atom. The van der Waals surface area contributed by atoms with Gasteiger partial charge in [-0.2, -0.15) is 0 Å². The Morgan fingerprint density at radius 1 is 1.03 bits per heavy atom. The van der Waals surface area contributed by atoms with E-state index in [1.54, 1.807) is 38.2 Å². The van der Waals surface area contributed by atoms with E-state index in [1.807, 2.05) is 48.1 Å². The second kappa shape index (κ2) is 8.52. The summed E-state index contributed by atoms with van der Waals surface area (Å²) in [4.78, 5) is 4.51. The van der Waals surface area contributed by atoms with Gasteiger partial charge in [-0.05, 0) is 25.5 Å². The van der Waals surface area contributed by atoms with E-state index in [-0.39, 0.29) is 31.1 Å². The van der Waals surface area contributed by atoms with E-state index in [0.29, 0.717) is 16.8 Å². The van der Waals surface area contributed by atoms with Gasteiger partial charge in [0, 0.05) is 36.1 Å². The van der Waals surface area contributed by atoms with Gasteiger partial charge in [-0.25, -0.2) is 18.1 Å². The smallest absolute Gasteiger partial charge is 1.00 e. The summed E-state index contributed by atoms with van der Waals surface area (Å²) in [6.07, 6.45) is 3.62. The van der Waals surface area contributed by atoms with E-state index in [9.17, 15) is 8.42 Å². The molecule has 0 aliphatic heterocycles. The zero-order valence-corrected chi connectivity index (χ0v) is 18.1. The van der Waals surface area contributed by atoms with Crippen LogP contribution >= 0.6 is 0 Å². The van der Waals surface area contributed by atoms with Crippen molar-refractivity contribution in [3.8, 4) is 22.5 Å². The third kappa shape index (κ3) is 4.07. The van der Waals surface area contributed by atoms with Crippen LogP contribution in [0.3, 0.4) is 0 Å². The van der Waals surface area contributed by atoms with E-state index in [4.69, 9.17) is 4.52 Å². The SMILES string of the molecule is Cc1noc(NS(=O)(=O)c2ccccc2-c2ccc(-c3nccn3C)cc2)c1C.[H-].[Li+]. The maximum Gasteiger partial charge on any atom is 1.00 e. The van der Waals surface area contributed by atoms with Crippen LogP contribution in [0.1, 0.15) is 12.7 Å². The van der Waals surface area contributed by atoms with Crippen molar-refractivity contribution >= 4 is 15.9 Å². The largest absolute Gasteiger partial charge is 1.00 e. The van der Waals surface area contributed by atoms with E-state index in [2.05, 4.69) is 14.9 Å². The summed E-state index contributed by atoms with van der Waals surface area (Å²) in [5.74, 6) is 0.970. The zero-order valence-electron chi connectivity index (χ0n) is 18.2. The molecule has 2 aromatic heterocycles. The second-order valence-corrected chi connectivity index (χ2v) is 8.41. The van der Waals surface area contributed by atoms with Crippen molar-refractivity contribution in [3.63, 3.8) is 0 Å². The molecule has 0 aliphatic carbocycles. The van der Waals surface area contributed by atoms with Crippen molar-refractivity contribution in [1.82, 2.24) is 14.7 Å². The number of imidazole rings is 1. The monoisotopic (exact) mass is 416 g/mol. The van der Waals surface area contributed by atoms with Gasteiger partial charge < -0.3 is 10.5 Å². The maximum atomic E-state index is 13.0. The number of aryl methyl sites for hydroxylation is 2. The summed E-state index contributed by atoms with van der Waals surface area (Å²) in [5, 5.41) is 3.81. The predicted molar refractivity (Wildman–Crippen MR) is 112 cm³/mol. The van der Waals surface area contributed by atoms with Crippen molar-refractivity contribution in [2.45, 2.75) is 18.7 Å². The Bertz CT molecular complexity index is 1280. The van der Waals surface area contributed by atoms with Crippen LogP contribution in [0.4, 0.5) is 5.88 Å². The first-order valence-corrected chi connectivity index (χ1v) is 10.5. The molecule has 2 aromatic carbocycles. The first-order valence-electron chi connectivity index (χ1n) is 8.99. The third-order valence-electron chi connectivity index (χ3n) is 4.84. The van der Waals surface area contributed by atoms with Crippen LogP contribution in [0.5, 0.6) is 0 Å². The summed E-state index contributed by atoms with van der Waals surface area (Å²) in [5.41, 5.74) is 3.63. The number of hydrogen-bond donors (Lipinski definition) is 1. The van der Waals surface area contributed by atoms with Crippen molar-refractivity contribution < 1.29 is 33.2 Å². The molecular weight excluding hydrogens is 395 g/mol. The van der Waals surface area contributed by atoms with Crippen LogP contribution in [-0.2, 0) is 17.1 Å². The summed E-state index contributed by atoms with van der Waals surface area (Å²) in [7, 11) is -1.93. The van der Waals surface area contributed by atoms with E-state index in [0.717, 1.165) is 17.0 Å².